The molecule has 1 aromatic carbocycles. The molecule has 1 heterocycles. The van der Waals surface area contributed by atoms with Crippen LogP contribution in [0.15, 0.2) is 35.1 Å². The number of aryl methyl sites for hydroxylation is 1. The molecule has 3 rings (SSSR count). The van der Waals surface area contributed by atoms with Gasteiger partial charge in [0.05, 0.1) is 18.4 Å². The maximum absolute atomic E-state index is 12.2. The second kappa shape index (κ2) is 7.51. The van der Waals surface area contributed by atoms with E-state index in [1.54, 1.807) is 30.3 Å². The summed E-state index contributed by atoms with van der Waals surface area (Å²) >= 11 is 0. The molecule has 0 radical (unpaired) electrons. The van der Waals surface area contributed by atoms with Crippen molar-refractivity contribution in [2.75, 3.05) is 12.4 Å². The summed E-state index contributed by atoms with van der Waals surface area (Å²) < 4.78 is 5.83. The van der Waals surface area contributed by atoms with Gasteiger partial charge in [0, 0.05) is 11.8 Å². The average molecular weight is 355 g/mol. The Bertz CT molecular complexity index is 887. The Morgan fingerprint density at radius 3 is 2.73 bits per heavy atom. The fourth-order valence-electron chi connectivity index (χ4n) is 3.07. The number of aromatic nitrogens is 2. The zero-order valence-electron chi connectivity index (χ0n) is 14.8. The lowest BCUT2D eigenvalue weighted by molar-refractivity contribution is -0.117. The average Bonchev–Trinajstić information content (AvgIpc) is 2.62. The standard InChI is InChI=1S/C19H21N3O4/c1-12-3-8-16-14(9-12)10-18(24)22(21-16)11-17(23)20-15-6-4-13(5-7-15)19(25)26-2/h4-7,10,12H,3,8-9,11H2,1-2H3,(H,20,23)/t12-/m0/s1. The van der Waals surface area contributed by atoms with Crippen LogP contribution in [0.5, 0.6) is 0 Å². The Kier molecular flexibility index (Phi) is 5.16. The van der Waals surface area contributed by atoms with Gasteiger partial charge >= 0.3 is 5.97 Å². The van der Waals surface area contributed by atoms with Crippen LogP contribution in [-0.2, 0) is 28.9 Å². The molecule has 1 aromatic heterocycles. The second-order valence-electron chi connectivity index (χ2n) is 6.58. The molecule has 7 heteroatoms. The Labute approximate surface area is 151 Å². The molecule has 0 bridgehead atoms. The molecule has 2 aromatic rings. The molecular formula is C19H21N3O4. The van der Waals surface area contributed by atoms with Crippen LogP contribution in [0, 0.1) is 5.92 Å². The highest BCUT2D eigenvalue weighted by molar-refractivity contribution is 5.92. The fraction of sp³-hybridized carbons (Fsp3) is 0.368. The lowest BCUT2D eigenvalue weighted by atomic mass is 9.88. The number of carbonyl (C=O) groups excluding carboxylic acids is 2. The first-order chi connectivity index (χ1) is 12.5. The van der Waals surface area contributed by atoms with Crippen molar-refractivity contribution in [2.24, 2.45) is 5.92 Å². The molecule has 1 aliphatic rings. The molecule has 0 saturated heterocycles. The molecule has 1 N–H and O–H groups in total. The SMILES string of the molecule is COC(=O)c1ccc(NC(=O)Cn2nc3c(cc2=O)C[C@@H](C)CC3)cc1. The molecule has 1 atom stereocenters. The van der Waals surface area contributed by atoms with Crippen molar-refractivity contribution in [1.29, 1.82) is 0 Å². The summed E-state index contributed by atoms with van der Waals surface area (Å²) in [6, 6.07) is 7.93. The van der Waals surface area contributed by atoms with Gasteiger partial charge in [0.25, 0.3) is 5.56 Å². The van der Waals surface area contributed by atoms with Crippen LogP contribution in [0.4, 0.5) is 5.69 Å². The summed E-state index contributed by atoms with van der Waals surface area (Å²) in [4.78, 5) is 35.8. The van der Waals surface area contributed by atoms with Crippen molar-refractivity contribution in [3.8, 4) is 0 Å². The summed E-state index contributed by atoms with van der Waals surface area (Å²) in [7, 11) is 1.31. The summed E-state index contributed by atoms with van der Waals surface area (Å²) in [6.07, 6.45) is 2.72. The monoisotopic (exact) mass is 355 g/mol. The molecule has 0 unspecified atom stereocenters. The summed E-state index contributed by atoms with van der Waals surface area (Å²) in [5, 5.41) is 7.06. The van der Waals surface area contributed by atoms with Crippen LogP contribution in [-0.4, -0.2) is 28.8 Å². The van der Waals surface area contributed by atoms with Crippen molar-refractivity contribution in [3.63, 3.8) is 0 Å². The van der Waals surface area contributed by atoms with E-state index in [0.29, 0.717) is 17.2 Å². The van der Waals surface area contributed by atoms with Gasteiger partial charge < -0.3 is 10.1 Å². The van der Waals surface area contributed by atoms with E-state index in [4.69, 9.17) is 0 Å². The second-order valence-corrected chi connectivity index (χ2v) is 6.58. The number of nitrogens with zero attached hydrogens (tertiary/aromatic N) is 2. The Balaban J connectivity index is 1.68. The number of hydrogen-bond donors (Lipinski definition) is 1. The predicted molar refractivity (Wildman–Crippen MR) is 96.1 cm³/mol. The number of carbonyl (C=O) groups is 2. The minimum absolute atomic E-state index is 0.152. The lowest BCUT2D eigenvalue weighted by Gasteiger charge is -2.20. The minimum atomic E-state index is -0.443. The highest BCUT2D eigenvalue weighted by atomic mass is 16.5. The van der Waals surface area contributed by atoms with Gasteiger partial charge in [-0.2, -0.15) is 5.10 Å². The molecule has 7 nitrogen and oxygen atoms in total. The number of ether oxygens (including phenoxy) is 1. The fourth-order valence-corrected chi connectivity index (χ4v) is 3.07. The smallest absolute Gasteiger partial charge is 0.337 e. The van der Waals surface area contributed by atoms with Crippen LogP contribution in [0.3, 0.4) is 0 Å². The third-order valence-corrected chi connectivity index (χ3v) is 4.49. The number of rotatable bonds is 4. The molecule has 1 aliphatic carbocycles. The predicted octanol–water partition coefficient (Wildman–Crippen LogP) is 1.79. The van der Waals surface area contributed by atoms with Crippen LogP contribution < -0.4 is 10.9 Å². The molecular weight excluding hydrogens is 334 g/mol. The molecule has 0 fully saturated rings. The summed E-state index contributed by atoms with van der Waals surface area (Å²) in [5.74, 6) is -0.243. The Hall–Kier alpha value is -2.96. The van der Waals surface area contributed by atoms with Gasteiger partial charge in [0.2, 0.25) is 5.91 Å². The number of benzene rings is 1. The quantitative estimate of drug-likeness (QED) is 0.845. The van der Waals surface area contributed by atoms with E-state index in [0.717, 1.165) is 30.5 Å². The highest BCUT2D eigenvalue weighted by Crippen LogP contribution is 2.22. The number of nitrogens with one attached hydrogen (secondary N) is 1. The lowest BCUT2D eigenvalue weighted by Crippen LogP contribution is -2.32. The van der Waals surface area contributed by atoms with E-state index in [2.05, 4.69) is 22.1 Å². The van der Waals surface area contributed by atoms with Crippen molar-refractivity contribution in [3.05, 3.63) is 57.5 Å². The van der Waals surface area contributed by atoms with Crippen molar-refractivity contribution in [2.45, 2.75) is 32.7 Å². The van der Waals surface area contributed by atoms with Crippen LogP contribution in [0.2, 0.25) is 0 Å². The normalized spacial score (nSPS) is 15.8. The number of anilines is 1. The number of hydrogen-bond acceptors (Lipinski definition) is 5. The van der Waals surface area contributed by atoms with E-state index in [9.17, 15) is 14.4 Å². The topological polar surface area (TPSA) is 90.3 Å². The summed E-state index contributed by atoms with van der Waals surface area (Å²) in [6.45, 7) is 2.01. The van der Waals surface area contributed by atoms with E-state index in [1.165, 1.54) is 11.8 Å². The van der Waals surface area contributed by atoms with Gasteiger partial charge in [0.15, 0.2) is 0 Å². The molecule has 26 heavy (non-hydrogen) atoms. The zero-order chi connectivity index (χ0) is 18.7. The van der Waals surface area contributed by atoms with Crippen molar-refractivity contribution < 1.29 is 14.3 Å². The van der Waals surface area contributed by atoms with E-state index >= 15 is 0 Å². The Morgan fingerprint density at radius 2 is 2.04 bits per heavy atom. The van der Waals surface area contributed by atoms with Crippen molar-refractivity contribution >= 4 is 17.6 Å². The van der Waals surface area contributed by atoms with E-state index in [1.807, 2.05) is 0 Å². The zero-order valence-corrected chi connectivity index (χ0v) is 14.8. The summed E-state index contributed by atoms with van der Waals surface area (Å²) in [5.41, 5.74) is 2.55. The van der Waals surface area contributed by atoms with Crippen LogP contribution >= 0.6 is 0 Å². The van der Waals surface area contributed by atoms with Gasteiger partial charge in [-0.3, -0.25) is 9.59 Å². The van der Waals surface area contributed by atoms with Gasteiger partial charge in [0.1, 0.15) is 6.54 Å². The Morgan fingerprint density at radius 1 is 1.31 bits per heavy atom. The molecule has 0 aliphatic heterocycles. The largest absolute Gasteiger partial charge is 0.465 e. The first kappa shape index (κ1) is 17.8. The van der Waals surface area contributed by atoms with Crippen LogP contribution in [0.25, 0.3) is 0 Å². The third kappa shape index (κ3) is 3.99. The third-order valence-electron chi connectivity index (χ3n) is 4.49. The number of fused-ring (bicyclic) bond motifs is 1. The maximum atomic E-state index is 12.2. The molecule has 1 amide bonds. The number of amides is 1. The molecule has 136 valence electrons. The molecule has 0 spiro atoms. The van der Waals surface area contributed by atoms with E-state index in [-0.39, 0.29) is 18.0 Å². The van der Waals surface area contributed by atoms with Crippen molar-refractivity contribution in [1.82, 2.24) is 9.78 Å². The van der Waals surface area contributed by atoms with Gasteiger partial charge in [-0.15, -0.1) is 0 Å². The number of methoxy groups -OCH3 is 1. The minimum Gasteiger partial charge on any atom is -0.465 e. The number of esters is 1. The first-order valence-electron chi connectivity index (χ1n) is 8.54. The molecule has 0 saturated carbocycles. The van der Waals surface area contributed by atoms with Gasteiger partial charge in [-0.1, -0.05) is 6.92 Å². The maximum Gasteiger partial charge on any atom is 0.337 e. The highest BCUT2D eigenvalue weighted by Gasteiger charge is 2.18. The first-order valence-corrected chi connectivity index (χ1v) is 8.54. The van der Waals surface area contributed by atoms with Gasteiger partial charge in [-0.25, -0.2) is 9.48 Å². The van der Waals surface area contributed by atoms with Gasteiger partial charge in [-0.05, 0) is 55.0 Å². The van der Waals surface area contributed by atoms with Crippen LogP contribution in [0.1, 0.15) is 35.0 Å². The van der Waals surface area contributed by atoms with E-state index < -0.39 is 5.97 Å².